The van der Waals surface area contributed by atoms with E-state index in [1.165, 1.54) is 4.90 Å². The monoisotopic (exact) mass is 271 g/mol. The molecule has 1 fully saturated rings. The third-order valence-electron chi connectivity index (χ3n) is 3.00. The number of hydrogen-bond acceptors (Lipinski definition) is 4. The number of carbonyl (C=O) groups excluding carboxylic acids is 2. The molecule has 0 aromatic rings. The van der Waals surface area contributed by atoms with Crippen LogP contribution in [0.25, 0.3) is 0 Å². The van der Waals surface area contributed by atoms with Crippen molar-refractivity contribution < 1.29 is 19.5 Å². The van der Waals surface area contributed by atoms with E-state index >= 15 is 0 Å². The van der Waals surface area contributed by atoms with E-state index in [0.29, 0.717) is 19.5 Å². The van der Waals surface area contributed by atoms with Gasteiger partial charge in [-0.2, -0.15) is 0 Å². The van der Waals surface area contributed by atoms with Gasteiger partial charge in [0.1, 0.15) is 6.04 Å². The maximum absolute atomic E-state index is 12.1. The first-order valence-corrected chi connectivity index (χ1v) is 6.28. The lowest BCUT2D eigenvalue weighted by Gasteiger charge is -2.34. The highest BCUT2D eigenvalue weighted by Gasteiger charge is 2.34. The second-order valence-electron chi connectivity index (χ2n) is 5.48. The van der Waals surface area contributed by atoms with E-state index in [9.17, 15) is 14.4 Å². The van der Waals surface area contributed by atoms with Crippen LogP contribution >= 0.6 is 0 Å². The van der Waals surface area contributed by atoms with Gasteiger partial charge in [0.2, 0.25) is 11.8 Å². The normalized spacial score (nSPS) is 20.1. The maximum Gasteiger partial charge on any atom is 0.305 e. The molecule has 7 nitrogen and oxygen atoms in total. The van der Waals surface area contributed by atoms with Crippen LogP contribution in [0.3, 0.4) is 0 Å². The van der Waals surface area contributed by atoms with Gasteiger partial charge in [0.05, 0.1) is 6.42 Å². The van der Waals surface area contributed by atoms with Gasteiger partial charge in [-0.3, -0.25) is 14.4 Å². The topological polar surface area (TPSA) is 113 Å². The minimum Gasteiger partial charge on any atom is -0.481 e. The Labute approximate surface area is 112 Å². The van der Waals surface area contributed by atoms with Crippen LogP contribution < -0.4 is 11.1 Å². The molecule has 4 N–H and O–H groups in total. The molecule has 7 heteroatoms. The average Bonchev–Trinajstić information content (AvgIpc) is 2.27. The molecule has 1 rings (SSSR count). The predicted molar refractivity (Wildman–Crippen MR) is 68.3 cm³/mol. The summed E-state index contributed by atoms with van der Waals surface area (Å²) < 4.78 is 0. The Kier molecular flexibility index (Phi) is 4.88. The molecule has 1 unspecified atom stereocenters. The largest absolute Gasteiger partial charge is 0.481 e. The molecular formula is C12H21N3O4. The molecule has 0 spiro atoms. The van der Waals surface area contributed by atoms with Crippen LogP contribution in [0.1, 0.15) is 33.1 Å². The highest BCUT2D eigenvalue weighted by molar-refractivity contribution is 5.91. The Morgan fingerprint density at radius 2 is 2.16 bits per heavy atom. The number of carbonyl (C=O) groups is 3. The minimum absolute atomic E-state index is 0.215. The standard InChI is InChI=1S/C12H21N3O4/c1-12(2,13)4-3-9(16)15-6-5-14-11(19)8(15)7-10(17)18/h8H,3-7,13H2,1-2H3,(H,14,19)(H,17,18). The highest BCUT2D eigenvalue weighted by Crippen LogP contribution is 2.14. The van der Waals surface area contributed by atoms with Gasteiger partial charge in [-0.25, -0.2) is 0 Å². The number of nitrogens with two attached hydrogens (primary N) is 1. The van der Waals surface area contributed by atoms with E-state index in [-0.39, 0.29) is 18.7 Å². The Balaban J connectivity index is 2.68. The van der Waals surface area contributed by atoms with E-state index in [1.54, 1.807) is 0 Å². The second-order valence-corrected chi connectivity index (χ2v) is 5.48. The summed E-state index contributed by atoms with van der Waals surface area (Å²) in [5.74, 6) is -1.73. The molecule has 19 heavy (non-hydrogen) atoms. The number of nitrogens with one attached hydrogen (secondary N) is 1. The van der Waals surface area contributed by atoms with Gasteiger partial charge in [0.25, 0.3) is 0 Å². The Hall–Kier alpha value is -1.63. The zero-order chi connectivity index (χ0) is 14.6. The molecular weight excluding hydrogens is 250 g/mol. The number of nitrogens with zero attached hydrogens (tertiary/aromatic N) is 1. The number of amides is 2. The van der Waals surface area contributed by atoms with E-state index in [0.717, 1.165) is 0 Å². The minimum atomic E-state index is -1.10. The summed E-state index contributed by atoms with van der Waals surface area (Å²) in [4.78, 5) is 35.8. The molecule has 1 saturated heterocycles. The number of rotatable bonds is 5. The van der Waals surface area contributed by atoms with E-state index in [1.807, 2.05) is 13.8 Å². The van der Waals surface area contributed by atoms with Gasteiger partial charge < -0.3 is 21.1 Å². The first-order chi connectivity index (χ1) is 8.70. The molecule has 0 aromatic heterocycles. The number of aliphatic carboxylic acids is 1. The third kappa shape index (κ3) is 4.86. The van der Waals surface area contributed by atoms with Gasteiger partial charge in [0, 0.05) is 25.0 Å². The number of carboxylic acid groups (broad SMARTS) is 1. The van der Waals surface area contributed by atoms with Crippen LogP contribution in [0, 0.1) is 0 Å². The first-order valence-electron chi connectivity index (χ1n) is 6.28. The molecule has 2 amide bonds. The fourth-order valence-electron chi connectivity index (χ4n) is 1.95. The molecule has 1 aliphatic heterocycles. The summed E-state index contributed by atoms with van der Waals surface area (Å²) >= 11 is 0. The summed E-state index contributed by atoms with van der Waals surface area (Å²) in [6, 6.07) is -0.917. The van der Waals surface area contributed by atoms with Crippen molar-refractivity contribution in [2.75, 3.05) is 13.1 Å². The van der Waals surface area contributed by atoms with Crippen molar-refractivity contribution in [2.24, 2.45) is 5.73 Å². The van der Waals surface area contributed by atoms with Gasteiger partial charge in [-0.1, -0.05) is 0 Å². The zero-order valence-corrected chi connectivity index (χ0v) is 11.3. The second kappa shape index (κ2) is 6.01. The van der Waals surface area contributed by atoms with Crippen LogP contribution in [0.15, 0.2) is 0 Å². The van der Waals surface area contributed by atoms with Crippen molar-refractivity contribution in [1.29, 1.82) is 0 Å². The van der Waals surface area contributed by atoms with Crippen molar-refractivity contribution in [3.63, 3.8) is 0 Å². The molecule has 0 aliphatic carbocycles. The van der Waals surface area contributed by atoms with E-state index in [2.05, 4.69) is 5.32 Å². The molecule has 0 saturated carbocycles. The molecule has 1 atom stereocenters. The predicted octanol–water partition coefficient (Wildman–Crippen LogP) is -0.694. The van der Waals surface area contributed by atoms with E-state index in [4.69, 9.17) is 10.8 Å². The lowest BCUT2D eigenvalue weighted by atomic mass is 9.99. The average molecular weight is 271 g/mol. The Bertz CT molecular complexity index is 376. The third-order valence-corrected chi connectivity index (χ3v) is 3.00. The van der Waals surface area contributed by atoms with Crippen LogP contribution in [-0.2, 0) is 14.4 Å². The molecule has 108 valence electrons. The van der Waals surface area contributed by atoms with Gasteiger partial charge in [-0.15, -0.1) is 0 Å². The zero-order valence-electron chi connectivity index (χ0n) is 11.3. The number of hydrogen-bond donors (Lipinski definition) is 3. The van der Waals surface area contributed by atoms with Crippen LogP contribution in [0.2, 0.25) is 0 Å². The fourth-order valence-corrected chi connectivity index (χ4v) is 1.95. The first kappa shape index (κ1) is 15.4. The molecule has 0 aromatic carbocycles. The number of carboxylic acids is 1. The van der Waals surface area contributed by atoms with Crippen LogP contribution in [-0.4, -0.2) is 52.5 Å². The summed E-state index contributed by atoms with van der Waals surface area (Å²) in [7, 11) is 0. The van der Waals surface area contributed by atoms with Crippen LogP contribution in [0.4, 0.5) is 0 Å². The number of piperazine rings is 1. The Morgan fingerprint density at radius 3 is 2.68 bits per heavy atom. The summed E-state index contributed by atoms with van der Waals surface area (Å²) in [6.07, 6.45) is 0.334. The highest BCUT2D eigenvalue weighted by atomic mass is 16.4. The van der Waals surface area contributed by atoms with Crippen molar-refractivity contribution in [2.45, 2.75) is 44.7 Å². The fraction of sp³-hybridized carbons (Fsp3) is 0.750. The molecule has 0 bridgehead atoms. The molecule has 0 radical (unpaired) electrons. The van der Waals surface area contributed by atoms with Crippen molar-refractivity contribution in [1.82, 2.24) is 10.2 Å². The van der Waals surface area contributed by atoms with Crippen molar-refractivity contribution in [3.8, 4) is 0 Å². The smallest absolute Gasteiger partial charge is 0.305 e. The van der Waals surface area contributed by atoms with Crippen LogP contribution in [0.5, 0.6) is 0 Å². The van der Waals surface area contributed by atoms with Gasteiger partial charge >= 0.3 is 5.97 Å². The Morgan fingerprint density at radius 1 is 1.53 bits per heavy atom. The summed E-state index contributed by atoms with van der Waals surface area (Å²) in [6.45, 7) is 4.33. The summed E-state index contributed by atoms with van der Waals surface area (Å²) in [5, 5.41) is 11.4. The van der Waals surface area contributed by atoms with Crippen molar-refractivity contribution >= 4 is 17.8 Å². The molecule has 1 heterocycles. The quantitative estimate of drug-likeness (QED) is 0.612. The van der Waals surface area contributed by atoms with Crippen molar-refractivity contribution in [3.05, 3.63) is 0 Å². The van der Waals surface area contributed by atoms with Gasteiger partial charge in [-0.05, 0) is 20.3 Å². The lowest BCUT2D eigenvalue weighted by molar-refractivity contribution is -0.148. The lowest BCUT2D eigenvalue weighted by Crippen LogP contribution is -2.58. The van der Waals surface area contributed by atoms with Gasteiger partial charge in [0.15, 0.2) is 0 Å². The molecule has 1 aliphatic rings. The van der Waals surface area contributed by atoms with E-state index < -0.39 is 23.5 Å². The SMILES string of the molecule is CC(C)(N)CCC(=O)N1CCNC(=O)C1CC(=O)O. The maximum atomic E-state index is 12.1. The summed E-state index contributed by atoms with van der Waals surface area (Å²) in [5.41, 5.74) is 5.35.